The molecule has 0 N–H and O–H groups in total. The van der Waals surface area contributed by atoms with Crippen molar-refractivity contribution in [3.8, 4) is 0 Å². The summed E-state index contributed by atoms with van der Waals surface area (Å²) in [5.74, 6) is 0.0506. The minimum Gasteiger partial charge on any atom is -0.346 e. The first-order valence-corrected chi connectivity index (χ1v) is 8.21. The quantitative estimate of drug-likeness (QED) is 0.790. The van der Waals surface area contributed by atoms with Crippen LogP contribution in [-0.2, 0) is 11.3 Å². The standard InChI is InChI=1S/C16H20BrN3O2/c1-3-4-8-19(2)15(21)7-9-20-11-18-14-6-5-12(17)10-13(14)16(20)22/h5-6,10-11H,3-4,7-9H2,1-2H3. The van der Waals surface area contributed by atoms with E-state index in [1.165, 1.54) is 10.9 Å². The van der Waals surface area contributed by atoms with Crippen molar-refractivity contribution in [2.75, 3.05) is 13.6 Å². The molecule has 0 atom stereocenters. The second-order valence-electron chi connectivity index (χ2n) is 5.32. The van der Waals surface area contributed by atoms with Gasteiger partial charge in [0.1, 0.15) is 0 Å². The lowest BCUT2D eigenvalue weighted by atomic mass is 10.2. The van der Waals surface area contributed by atoms with Crippen LogP contribution in [0.4, 0.5) is 0 Å². The number of aryl methyl sites for hydroxylation is 1. The van der Waals surface area contributed by atoms with Gasteiger partial charge in [0.05, 0.1) is 17.2 Å². The summed E-state index contributed by atoms with van der Waals surface area (Å²) in [6, 6.07) is 5.41. The van der Waals surface area contributed by atoms with Gasteiger partial charge < -0.3 is 4.90 Å². The molecule has 0 fully saturated rings. The Morgan fingerprint density at radius 2 is 2.18 bits per heavy atom. The molecule has 0 aliphatic carbocycles. The first-order chi connectivity index (χ1) is 10.5. The van der Waals surface area contributed by atoms with Crippen LogP contribution < -0.4 is 5.56 Å². The fourth-order valence-electron chi connectivity index (χ4n) is 2.22. The van der Waals surface area contributed by atoms with Gasteiger partial charge in [0.25, 0.3) is 5.56 Å². The zero-order chi connectivity index (χ0) is 16.1. The van der Waals surface area contributed by atoms with Crippen LogP contribution in [0.2, 0.25) is 0 Å². The van der Waals surface area contributed by atoms with Crippen molar-refractivity contribution in [3.05, 3.63) is 39.4 Å². The van der Waals surface area contributed by atoms with Crippen LogP contribution in [0.5, 0.6) is 0 Å². The Labute approximate surface area is 138 Å². The lowest BCUT2D eigenvalue weighted by molar-refractivity contribution is -0.130. The van der Waals surface area contributed by atoms with Gasteiger partial charge >= 0.3 is 0 Å². The van der Waals surface area contributed by atoms with Gasteiger partial charge in [-0.3, -0.25) is 14.2 Å². The van der Waals surface area contributed by atoms with Crippen LogP contribution in [0.15, 0.2) is 33.8 Å². The number of carbonyl (C=O) groups excluding carboxylic acids is 1. The maximum absolute atomic E-state index is 12.4. The van der Waals surface area contributed by atoms with Crippen molar-refractivity contribution in [3.63, 3.8) is 0 Å². The minimum absolute atomic E-state index is 0.0506. The Hall–Kier alpha value is -1.69. The first-order valence-electron chi connectivity index (χ1n) is 7.41. The summed E-state index contributed by atoms with van der Waals surface area (Å²) in [4.78, 5) is 30.4. The van der Waals surface area contributed by atoms with Gasteiger partial charge in [-0.2, -0.15) is 0 Å². The number of amides is 1. The van der Waals surface area contributed by atoms with Gasteiger partial charge in [0.2, 0.25) is 5.91 Å². The summed E-state index contributed by atoms with van der Waals surface area (Å²) in [6.45, 7) is 3.20. The third-order valence-electron chi connectivity index (χ3n) is 3.63. The van der Waals surface area contributed by atoms with E-state index >= 15 is 0 Å². The monoisotopic (exact) mass is 365 g/mol. The maximum atomic E-state index is 12.4. The number of hydrogen-bond acceptors (Lipinski definition) is 3. The van der Waals surface area contributed by atoms with Crippen molar-refractivity contribution in [1.29, 1.82) is 0 Å². The molecular formula is C16H20BrN3O2. The van der Waals surface area contributed by atoms with Gasteiger partial charge in [-0.15, -0.1) is 0 Å². The molecule has 0 radical (unpaired) electrons. The predicted octanol–water partition coefficient (Wildman–Crippen LogP) is 2.81. The van der Waals surface area contributed by atoms with E-state index in [-0.39, 0.29) is 11.5 Å². The Morgan fingerprint density at radius 3 is 2.91 bits per heavy atom. The third-order valence-corrected chi connectivity index (χ3v) is 4.12. The molecule has 1 aromatic heterocycles. The van der Waals surface area contributed by atoms with E-state index < -0.39 is 0 Å². The SMILES string of the molecule is CCCCN(C)C(=O)CCn1cnc2ccc(Br)cc2c1=O. The van der Waals surface area contributed by atoms with Gasteiger partial charge in [0, 0.05) is 31.0 Å². The number of unbranched alkanes of at least 4 members (excludes halogenated alkanes) is 1. The molecule has 0 bridgehead atoms. The van der Waals surface area contributed by atoms with Gasteiger partial charge in [-0.1, -0.05) is 29.3 Å². The summed E-state index contributed by atoms with van der Waals surface area (Å²) in [5, 5.41) is 0.559. The van der Waals surface area contributed by atoms with Crippen LogP contribution >= 0.6 is 15.9 Å². The predicted molar refractivity (Wildman–Crippen MR) is 90.9 cm³/mol. The highest BCUT2D eigenvalue weighted by Gasteiger charge is 2.10. The molecule has 22 heavy (non-hydrogen) atoms. The Bertz CT molecular complexity index is 727. The lowest BCUT2D eigenvalue weighted by Crippen LogP contribution is -2.30. The zero-order valence-corrected chi connectivity index (χ0v) is 14.5. The normalized spacial score (nSPS) is 10.9. The number of rotatable bonds is 6. The molecule has 0 spiro atoms. The van der Waals surface area contributed by atoms with Crippen LogP contribution in [0.25, 0.3) is 10.9 Å². The molecule has 2 rings (SSSR count). The van der Waals surface area contributed by atoms with Gasteiger partial charge in [-0.25, -0.2) is 4.98 Å². The highest BCUT2D eigenvalue weighted by molar-refractivity contribution is 9.10. The van der Waals surface area contributed by atoms with Crippen LogP contribution in [0.1, 0.15) is 26.2 Å². The number of fused-ring (bicyclic) bond motifs is 1. The molecule has 1 amide bonds. The van der Waals surface area contributed by atoms with Crippen molar-refractivity contribution in [2.45, 2.75) is 32.7 Å². The summed E-state index contributed by atoms with van der Waals surface area (Å²) < 4.78 is 2.34. The largest absolute Gasteiger partial charge is 0.346 e. The molecule has 0 saturated carbocycles. The van der Waals surface area contributed by atoms with E-state index in [1.54, 1.807) is 24.1 Å². The van der Waals surface area contributed by atoms with E-state index in [0.29, 0.717) is 23.9 Å². The molecule has 118 valence electrons. The molecule has 5 nitrogen and oxygen atoms in total. The van der Waals surface area contributed by atoms with E-state index in [4.69, 9.17) is 0 Å². The summed E-state index contributed by atoms with van der Waals surface area (Å²) in [7, 11) is 1.80. The number of hydrogen-bond donors (Lipinski definition) is 0. The molecule has 1 aromatic carbocycles. The van der Waals surface area contributed by atoms with E-state index in [2.05, 4.69) is 27.8 Å². The molecule has 1 heterocycles. The fraction of sp³-hybridized carbons (Fsp3) is 0.438. The molecule has 0 saturated heterocycles. The number of benzene rings is 1. The fourth-order valence-corrected chi connectivity index (χ4v) is 2.58. The number of aromatic nitrogens is 2. The van der Waals surface area contributed by atoms with Gasteiger partial charge in [0.15, 0.2) is 0 Å². The smallest absolute Gasteiger partial charge is 0.261 e. The molecular weight excluding hydrogens is 346 g/mol. The minimum atomic E-state index is -0.115. The van der Waals surface area contributed by atoms with Crippen LogP contribution in [-0.4, -0.2) is 34.0 Å². The lowest BCUT2D eigenvalue weighted by Gasteiger charge is -2.17. The molecule has 0 unspecified atom stereocenters. The van der Waals surface area contributed by atoms with Crippen molar-refractivity contribution in [2.24, 2.45) is 0 Å². The summed E-state index contributed by atoms with van der Waals surface area (Å²) >= 11 is 3.36. The second-order valence-corrected chi connectivity index (χ2v) is 6.24. The summed E-state index contributed by atoms with van der Waals surface area (Å²) in [6.07, 6.45) is 3.87. The topological polar surface area (TPSA) is 55.2 Å². The van der Waals surface area contributed by atoms with E-state index in [1.807, 2.05) is 6.07 Å². The highest BCUT2D eigenvalue weighted by Crippen LogP contribution is 2.14. The first kappa shape index (κ1) is 16.7. The Kier molecular flexibility index (Phi) is 5.71. The van der Waals surface area contributed by atoms with Crippen molar-refractivity contribution >= 4 is 32.7 Å². The Balaban J connectivity index is 2.10. The average Bonchev–Trinajstić information content (AvgIpc) is 2.52. The number of halogens is 1. The van der Waals surface area contributed by atoms with E-state index in [9.17, 15) is 9.59 Å². The van der Waals surface area contributed by atoms with Crippen molar-refractivity contribution in [1.82, 2.24) is 14.5 Å². The highest BCUT2D eigenvalue weighted by atomic mass is 79.9. The molecule has 0 aliphatic heterocycles. The third kappa shape index (κ3) is 3.94. The number of nitrogens with zero attached hydrogens (tertiary/aromatic N) is 3. The summed E-state index contributed by atoms with van der Waals surface area (Å²) in [5.41, 5.74) is 0.547. The second kappa shape index (κ2) is 7.54. The maximum Gasteiger partial charge on any atom is 0.261 e. The molecule has 2 aromatic rings. The molecule has 0 aliphatic rings. The van der Waals surface area contributed by atoms with Crippen LogP contribution in [0, 0.1) is 0 Å². The Morgan fingerprint density at radius 1 is 1.41 bits per heavy atom. The number of carbonyl (C=O) groups is 1. The van der Waals surface area contributed by atoms with Crippen molar-refractivity contribution < 1.29 is 4.79 Å². The van der Waals surface area contributed by atoms with E-state index in [0.717, 1.165) is 23.9 Å². The molecule has 6 heteroatoms. The van der Waals surface area contributed by atoms with Crippen LogP contribution in [0.3, 0.4) is 0 Å². The average molecular weight is 366 g/mol. The zero-order valence-electron chi connectivity index (χ0n) is 12.9. The van der Waals surface area contributed by atoms with Gasteiger partial charge in [-0.05, 0) is 24.6 Å².